The van der Waals surface area contributed by atoms with Gasteiger partial charge in [0.2, 0.25) is 5.91 Å². The van der Waals surface area contributed by atoms with E-state index in [4.69, 9.17) is 6.42 Å². The van der Waals surface area contributed by atoms with Crippen molar-refractivity contribution in [2.75, 3.05) is 6.54 Å². The van der Waals surface area contributed by atoms with Gasteiger partial charge in [-0.1, -0.05) is 35.7 Å². The van der Waals surface area contributed by atoms with E-state index >= 15 is 0 Å². The highest BCUT2D eigenvalue weighted by Gasteiger charge is 2.07. The number of benzene rings is 1. The Kier molecular flexibility index (Phi) is 3.93. The maximum Gasteiger partial charge on any atom is 0.220 e. The number of rotatable bonds is 3. The van der Waals surface area contributed by atoms with E-state index < -0.39 is 0 Å². The Hall–Kier alpha value is -1.75. The zero-order chi connectivity index (χ0) is 11.3. The Balaban J connectivity index is 2.70. The van der Waals surface area contributed by atoms with Crippen LogP contribution in [0, 0.1) is 19.3 Å². The molecule has 0 aliphatic heterocycles. The molecule has 0 saturated carbocycles. The summed E-state index contributed by atoms with van der Waals surface area (Å²) in [7, 11) is 0. The summed E-state index contributed by atoms with van der Waals surface area (Å²) in [5.74, 6) is 2.49. The highest BCUT2D eigenvalue weighted by Crippen LogP contribution is 2.06. The monoisotopic (exact) mass is 201 g/mol. The van der Waals surface area contributed by atoms with Crippen LogP contribution in [0.15, 0.2) is 24.3 Å². The highest BCUT2D eigenvalue weighted by molar-refractivity contribution is 5.73. The number of terminal acetylenes is 1. The lowest BCUT2D eigenvalue weighted by molar-refractivity contribution is -0.128. The van der Waals surface area contributed by atoms with E-state index in [1.807, 2.05) is 31.2 Å². The van der Waals surface area contributed by atoms with Crippen molar-refractivity contribution in [3.63, 3.8) is 0 Å². The molecule has 0 radical (unpaired) electrons. The molecule has 0 aliphatic rings. The van der Waals surface area contributed by atoms with E-state index in [0.717, 1.165) is 5.56 Å². The third-order valence-electron chi connectivity index (χ3n) is 2.22. The summed E-state index contributed by atoms with van der Waals surface area (Å²) >= 11 is 0. The zero-order valence-electron chi connectivity index (χ0n) is 9.16. The van der Waals surface area contributed by atoms with Crippen LogP contribution in [0.1, 0.15) is 18.1 Å². The maximum atomic E-state index is 11.2. The number of carbonyl (C=O) groups excluding carboxylic acids is 1. The van der Waals surface area contributed by atoms with Crippen molar-refractivity contribution < 1.29 is 4.79 Å². The molecule has 1 amide bonds. The number of hydrogen-bond donors (Lipinski definition) is 0. The molecule has 0 spiro atoms. The van der Waals surface area contributed by atoms with E-state index in [0.29, 0.717) is 13.1 Å². The number of nitrogens with zero attached hydrogens (tertiary/aromatic N) is 1. The molecule has 2 nitrogen and oxygen atoms in total. The minimum atomic E-state index is 0.00789. The molecular formula is C13H15NO. The molecule has 0 aromatic heterocycles. The SMILES string of the molecule is C#CCN(Cc1ccc(C)cc1)C(C)=O. The average molecular weight is 201 g/mol. The lowest BCUT2D eigenvalue weighted by atomic mass is 10.1. The third kappa shape index (κ3) is 3.47. The van der Waals surface area contributed by atoms with E-state index in [2.05, 4.69) is 5.92 Å². The van der Waals surface area contributed by atoms with Crippen LogP contribution in [0.5, 0.6) is 0 Å². The van der Waals surface area contributed by atoms with Gasteiger partial charge >= 0.3 is 0 Å². The van der Waals surface area contributed by atoms with Gasteiger partial charge < -0.3 is 4.90 Å². The Morgan fingerprint density at radius 1 is 1.40 bits per heavy atom. The molecule has 0 heterocycles. The van der Waals surface area contributed by atoms with Gasteiger partial charge in [-0.15, -0.1) is 6.42 Å². The molecule has 0 saturated heterocycles. The molecule has 78 valence electrons. The second-order valence-corrected chi connectivity index (χ2v) is 3.56. The Morgan fingerprint density at radius 3 is 2.47 bits per heavy atom. The fourth-order valence-electron chi connectivity index (χ4n) is 1.30. The molecule has 0 fully saturated rings. The lowest BCUT2D eigenvalue weighted by Gasteiger charge is -2.18. The van der Waals surface area contributed by atoms with Gasteiger partial charge in [0, 0.05) is 13.5 Å². The Bertz CT molecular complexity index is 373. The van der Waals surface area contributed by atoms with Gasteiger partial charge in [0.25, 0.3) is 0 Å². The molecule has 1 rings (SSSR count). The van der Waals surface area contributed by atoms with Gasteiger partial charge in [0.1, 0.15) is 0 Å². The second-order valence-electron chi connectivity index (χ2n) is 3.56. The molecule has 0 aliphatic carbocycles. The first-order chi connectivity index (χ1) is 7.13. The van der Waals surface area contributed by atoms with Crippen molar-refractivity contribution in [1.82, 2.24) is 4.90 Å². The summed E-state index contributed by atoms with van der Waals surface area (Å²) in [6.45, 7) is 4.52. The number of amides is 1. The van der Waals surface area contributed by atoms with Crippen LogP contribution in [0.2, 0.25) is 0 Å². The summed E-state index contributed by atoms with van der Waals surface area (Å²) in [6.07, 6.45) is 5.20. The summed E-state index contributed by atoms with van der Waals surface area (Å²) in [6, 6.07) is 8.09. The van der Waals surface area contributed by atoms with Crippen LogP contribution in [0.4, 0.5) is 0 Å². The fraction of sp³-hybridized carbons (Fsp3) is 0.308. The minimum absolute atomic E-state index is 0.00789. The van der Waals surface area contributed by atoms with Crippen molar-refractivity contribution in [2.45, 2.75) is 20.4 Å². The third-order valence-corrected chi connectivity index (χ3v) is 2.22. The molecule has 1 aromatic rings. The van der Waals surface area contributed by atoms with E-state index in [-0.39, 0.29) is 5.91 Å². The minimum Gasteiger partial charge on any atom is -0.327 e. The molecule has 0 unspecified atom stereocenters. The average Bonchev–Trinajstić information content (AvgIpc) is 2.20. The summed E-state index contributed by atoms with van der Waals surface area (Å²) in [5.41, 5.74) is 2.32. The molecule has 0 N–H and O–H groups in total. The molecular weight excluding hydrogens is 186 g/mol. The van der Waals surface area contributed by atoms with Crippen molar-refractivity contribution in [2.24, 2.45) is 0 Å². The number of hydrogen-bond acceptors (Lipinski definition) is 1. The largest absolute Gasteiger partial charge is 0.327 e. The van der Waals surface area contributed by atoms with Gasteiger partial charge in [0.15, 0.2) is 0 Å². The van der Waals surface area contributed by atoms with Crippen molar-refractivity contribution in [3.05, 3.63) is 35.4 Å². The molecule has 15 heavy (non-hydrogen) atoms. The molecule has 0 bridgehead atoms. The van der Waals surface area contributed by atoms with Crippen LogP contribution in [-0.4, -0.2) is 17.4 Å². The van der Waals surface area contributed by atoms with Crippen molar-refractivity contribution >= 4 is 5.91 Å². The van der Waals surface area contributed by atoms with Crippen molar-refractivity contribution in [3.8, 4) is 12.3 Å². The molecule has 2 heteroatoms. The van der Waals surface area contributed by atoms with Crippen LogP contribution in [-0.2, 0) is 11.3 Å². The quantitative estimate of drug-likeness (QED) is 0.685. The predicted molar refractivity (Wildman–Crippen MR) is 61.1 cm³/mol. The molecule has 0 atom stereocenters. The topological polar surface area (TPSA) is 20.3 Å². The summed E-state index contributed by atoms with van der Waals surface area (Å²) < 4.78 is 0. The number of aryl methyl sites for hydroxylation is 1. The van der Waals surface area contributed by atoms with Crippen molar-refractivity contribution in [1.29, 1.82) is 0 Å². The van der Waals surface area contributed by atoms with E-state index in [1.54, 1.807) is 4.90 Å². The van der Waals surface area contributed by atoms with Crippen LogP contribution in [0.25, 0.3) is 0 Å². The lowest BCUT2D eigenvalue weighted by Crippen LogP contribution is -2.28. The first-order valence-electron chi connectivity index (χ1n) is 4.88. The van der Waals surface area contributed by atoms with Gasteiger partial charge in [0.05, 0.1) is 6.54 Å². The van der Waals surface area contributed by atoms with Gasteiger partial charge in [-0.3, -0.25) is 4.79 Å². The predicted octanol–water partition coefficient (Wildman–Crippen LogP) is 1.98. The Morgan fingerprint density at radius 2 is 2.00 bits per heavy atom. The second kappa shape index (κ2) is 5.21. The molecule has 1 aromatic carbocycles. The normalized spacial score (nSPS) is 9.40. The zero-order valence-corrected chi connectivity index (χ0v) is 9.16. The first kappa shape index (κ1) is 11.3. The van der Waals surface area contributed by atoms with E-state index in [1.165, 1.54) is 12.5 Å². The summed E-state index contributed by atoms with van der Waals surface area (Å²) in [5, 5.41) is 0. The fourth-order valence-corrected chi connectivity index (χ4v) is 1.30. The summed E-state index contributed by atoms with van der Waals surface area (Å²) in [4.78, 5) is 12.9. The Labute approximate surface area is 90.9 Å². The van der Waals surface area contributed by atoms with Crippen LogP contribution < -0.4 is 0 Å². The van der Waals surface area contributed by atoms with Gasteiger partial charge in [-0.05, 0) is 12.5 Å². The van der Waals surface area contributed by atoms with E-state index in [9.17, 15) is 4.79 Å². The van der Waals surface area contributed by atoms with Gasteiger partial charge in [-0.2, -0.15) is 0 Å². The highest BCUT2D eigenvalue weighted by atomic mass is 16.2. The first-order valence-corrected chi connectivity index (χ1v) is 4.88. The smallest absolute Gasteiger partial charge is 0.220 e. The van der Waals surface area contributed by atoms with Crippen LogP contribution >= 0.6 is 0 Å². The number of carbonyl (C=O) groups is 1. The standard InChI is InChI=1S/C13H15NO/c1-4-9-14(12(3)15)10-13-7-5-11(2)6-8-13/h1,5-8H,9-10H2,2-3H3. The maximum absolute atomic E-state index is 11.2. The van der Waals surface area contributed by atoms with Crippen LogP contribution in [0.3, 0.4) is 0 Å². The van der Waals surface area contributed by atoms with Gasteiger partial charge in [-0.25, -0.2) is 0 Å².